The van der Waals surface area contributed by atoms with Crippen molar-refractivity contribution in [2.45, 2.75) is 56.8 Å². The molecule has 4 rings (SSSR count). The number of benzene rings is 1. The van der Waals surface area contributed by atoms with E-state index >= 15 is 0 Å². The van der Waals surface area contributed by atoms with Gasteiger partial charge in [-0.3, -0.25) is 4.48 Å². The molecular weight excluding hydrogens is 346 g/mol. The molecule has 3 fully saturated rings. The van der Waals surface area contributed by atoms with Crippen LogP contribution in [0.2, 0.25) is 0 Å². The number of hydrogen-bond acceptors (Lipinski definition) is 5. The summed E-state index contributed by atoms with van der Waals surface area (Å²) in [5.41, 5.74) is 1.60. The standard InChI is InChI=1S/C18H26NO.ClH3O4/c1-3-9-16(10-4-1)17-19(13-7-8-14-19)15-18(20-17)11-5-2-6-12-18;2-1(3,4)5/h1,3-4,9-10,17H,2,5-8,11-15H2;2-4H/q+1;. The Labute approximate surface area is 151 Å². The van der Waals surface area contributed by atoms with Crippen LogP contribution >= 0.6 is 0 Å². The monoisotopic (exact) mass is 374 g/mol. The van der Waals surface area contributed by atoms with Crippen LogP contribution in [0, 0.1) is 10.2 Å². The van der Waals surface area contributed by atoms with E-state index in [0.717, 1.165) is 0 Å². The molecule has 2 aliphatic heterocycles. The summed E-state index contributed by atoms with van der Waals surface area (Å²) in [4.78, 5) is 0. The second-order valence-electron chi connectivity index (χ2n) is 7.59. The maximum Gasteiger partial charge on any atom is 0.220 e. The zero-order valence-corrected chi connectivity index (χ0v) is 15.3. The van der Waals surface area contributed by atoms with E-state index in [2.05, 4.69) is 30.3 Å². The summed E-state index contributed by atoms with van der Waals surface area (Å²) in [7, 11) is -4.19. The third-order valence-corrected chi connectivity index (χ3v) is 5.77. The number of hydrogen-bond donors (Lipinski definition) is 3. The van der Waals surface area contributed by atoms with Crippen molar-refractivity contribution in [2.75, 3.05) is 19.6 Å². The molecule has 1 aliphatic carbocycles. The first kappa shape index (κ1) is 19.0. The topological polar surface area (TPSA) is 93.0 Å². The minimum atomic E-state index is -4.19. The molecule has 1 aromatic carbocycles. The van der Waals surface area contributed by atoms with E-state index in [1.165, 1.54) is 74.6 Å². The summed E-state index contributed by atoms with van der Waals surface area (Å²) < 4.78 is 38.2. The van der Waals surface area contributed by atoms with Crippen LogP contribution in [0.3, 0.4) is 0 Å². The van der Waals surface area contributed by atoms with Gasteiger partial charge in [0.05, 0.1) is 13.1 Å². The maximum absolute atomic E-state index is 8.83. The van der Waals surface area contributed by atoms with Gasteiger partial charge in [-0.1, -0.05) is 49.6 Å². The number of ether oxygens (including phenoxy) is 1. The normalized spacial score (nSPS) is 27.9. The average Bonchev–Trinajstić information content (AvgIpc) is 3.13. The van der Waals surface area contributed by atoms with Crippen LogP contribution in [-0.2, 0) is 4.74 Å². The SMILES string of the molecule is [O-][Cl+](O)(O)O.c1ccc(C2OC3(CCCCC3)C[N+]23CCCC3)cc1. The third-order valence-electron chi connectivity index (χ3n) is 5.77. The first-order valence-corrected chi connectivity index (χ1v) is 10.4. The van der Waals surface area contributed by atoms with Crippen LogP contribution in [0.15, 0.2) is 30.3 Å². The Morgan fingerprint density at radius 2 is 1.52 bits per heavy atom. The quantitative estimate of drug-likeness (QED) is 0.642. The van der Waals surface area contributed by atoms with E-state index in [0.29, 0.717) is 6.23 Å². The van der Waals surface area contributed by atoms with Crippen molar-refractivity contribution in [3.63, 3.8) is 0 Å². The van der Waals surface area contributed by atoms with E-state index in [9.17, 15) is 0 Å². The van der Waals surface area contributed by atoms with Gasteiger partial charge in [0.15, 0.2) is 0 Å². The molecule has 0 bridgehead atoms. The van der Waals surface area contributed by atoms with Crippen molar-refractivity contribution < 1.29 is 38.1 Å². The second-order valence-corrected chi connectivity index (χ2v) is 8.46. The fourth-order valence-electron chi connectivity index (χ4n) is 4.87. The molecule has 1 saturated carbocycles. The molecule has 142 valence electrons. The molecule has 2 spiro atoms. The van der Waals surface area contributed by atoms with Gasteiger partial charge in [-0.25, -0.2) is 0 Å². The van der Waals surface area contributed by atoms with Crippen LogP contribution in [0.25, 0.3) is 0 Å². The van der Waals surface area contributed by atoms with Crippen LogP contribution in [0.5, 0.6) is 0 Å². The van der Waals surface area contributed by atoms with Crippen molar-refractivity contribution in [1.29, 1.82) is 0 Å². The molecule has 0 radical (unpaired) electrons. The summed E-state index contributed by atoms with van der Waals surface area (Å²) in [6.07, 6.45) is 9.76. The first-order chi connectivity index (χ1) is 11.8. The van der Waals surface area contributed by atoms with Gasteiger partial charge in [-0.2, -0.15) is 0 Å². The Balaban J connectivity index is 0.000000324. The van der Waals surface area contributed by atoms with Gasteiger partial charge in [-0.05, 0) is 12.8 Å². The minimum Gasteiger partial charge on any atom is -0.313 e. The number of nitrogens with zero attached hydrogens (tertiary/aromatic N) is 1. The fraction of sp³-hybridized carbons (Fsp3) is 0.667. The summed E-state index contributed by atoms with van der Waals surface area (Å²) in [6, 6.07) is 11.0. The Morgan fingerprint density at radius 3 is 2.08 bits per heavy atom. The van der Waals surface area contributed by atoms with E-state index in [1.54, 1.807) is 0 Å². The largest absolute Gasteiger partial charge is 0.313 e. The van der Waals surface area contributed by atoms with Crippen molar-refractivity contribution in [3.8, 4) is 0 Å². The van der Waals surface area contributed by atoms with Gasteiger partial charge >= 0.3 is 28.9 Å². The molecule has 25 heavy (non-hydrogen) atoms. The summed E-state index contributed by atoms with van der Waals surface area (Å²) in [6.45, 7) is 3.91. The molecule has 3 aliphatic rings. The summed E-state index contributed by atoms with van der Waals surface area (Å²) >= 11 is 0. The van der Waals surface area contributed by atoms with E-state index in [-0.39, 0.29) is 5.60 Å². The first-order valence-electron chi connectivity index (χ1n) is 9.07. The molecule has 1 unspecified atom stereocenters. The van der Waals surface area contributed by atoms with Crippen LogP contribution in [0.1, 0.15) is 56.7 Å². The van der Waals surface area contributed by atoms with Gasteiger partial charge in [0.2, 0.25) is 6.23 Å². The minimum absolute atomic E-state index is 0.198. The molecule has 0 amide bonds. The van der Waals surface area contributed by atoms with Crippen molar-refractivity contribution >= 4 is 0 Å². The van der Waals surface area contributed by atoms with Gasteiger partial charge in [0.25, 0.3) is 0 Å². The van der Waals surface area contributed by atoms with Gasteiger partial charge in [0, 0.05) is 18.4 Å². The predicted octanol–water partition coefficient (Wildman–Crippen LogP) is 1.17. The molecule has 1 aromatic rings. The number of quaternary nitrogens is 1. The fourth-order valence-corrected chi connectivity index (χ4v) is 4.87. The van der Waals surface area contributed by atoms with Crippen LogP contribution in [-0.4, -0.2) is 43.7 Å². The Morgan fingerprint density at radius 1 is 0.960 bits per heavy atom. The molecule has 2 saturated heterocycles. The van der Waals surface area contributed by atoms with Crippen molar-refractivity contribution in [2.24, 2.45) is 0 Å². The Hall–Kier alpha value is -0.730. The average molecular weight is 375 g/mol. The van der Waals surface area contributed by atoms with E-state index in [1.807, 2.05) is 0 Å². The summed E-state index contributed by atoms with van der Waals surface area (Å²) in [5, 5.41) is 0. The summed E-state index contributed by atoms with van der Waals surface area (Å²) in [5.74, 6) is 0. The molecule has 0 aromatic heterocycles. The number of halogens is 1. The van der Waals surface area contributed by atoms with Crippen LogP contribution in [0.4, 0.5) is 0 Å². The van der Waals surface area contributed by atoms with Crippen molar-refractivity contribution in [1.82, 2.24) is 0 Å². The smallest absolute Gasteiger partial charge is 0.220 e. The third kappa shape index (κ3) is 4.71. The molecule has 2 heterocycles. The van der Waals surface area contributed by atoms with Crippen LogP contribution < -0.4 is 4.66 Å². The molecular formula is C18H29ClNO5+. The Bertz CT molecular complexity index is 544. The molecule has 7 heteroatoms. The predicted molar refractivity (Wildman–Crippen MR) is 86.8 cm³/mol. The van der Waals surface area contributed by atoms with Gasteiger partial charge < -0.3 is 4.74 Å². The van der Waals surface area contributed by atoms with E-state index < -0.39 is 10.2 Å². The maximum atomic E-state index is 8.83. The zero-order valence-electron chi connectivity index (χ0n) is 14.5. The molecule has 6 nitrogen and oxygen atoms in total. The van der Waals surface area contributed by atoms with Gasteiger partial charge in [-0.15, -0.1) is 0 Å². The second kappa shape index (κ2) is 7.48. The Kier molecular flexibility index (Phi) is 5.70. The number of rotatable bonds is 1. The zero-order chi connectivity index (χ0) is 18.0. The van der Waals surface area contributed by atoms with Gasteiger partial charge in [0.1, 0.15) is 12.1 Å². The van der Waals surface area contributed by atoms with E-state index in [4.69, 9.17) is 23.4 Å². The molecule has 3 N–H and O–H groups in total. The van der Waals surface area contributed by atoms with Crippen molar-refractivity contribution in [3.05, 3.63) is 35.9 Å². The molecule has 1 atom stereocenters.